The minimum Gasteiger partial charge on any atom is -0.406 e. The van der Waals surface area contributed by atoms with Crippen LogP contribution in [-0.4, -0.2) is 6.36 Å². The van der Waals surface area contributed by atoms with E-state index in [-0.39, 0.29) is 5.75 Å². The van der Waals surface area contributed by atoms with Crippen LogP contribution in [0.15, 0.2) is 48.6 Å². The molecule has 0 bridgehead atoms. The van der Waals surface area contributed by atoms with Gasteiger partial charge >= 0.3 is 6.36 Å². The molecule has 0 amide bonds. The van der Waals surface area contributed by atoms with Crippen molar-refractivity contribution in [1.29, 1.82) is 5.26 Å². The van der Waals surface area contributed by atoms with Gasteiger partial charge in [-0.3, -0.25) is 0 Å². The minimum atomic E-state index is -4.63. The maximum Gasteiger partial charge on any atom is 0.573 e. The molecule has 1 aromatic rings. The van der Waals surface area contributed by atoms with Gasteiger partial charge in [-0.25, -0.2) is 0 Å². The summed E-state index contributed by atoms with van der Waals surface area (Å²) in [6, 6.07) is 8.31. The van der Waals surface area contributed by atoms with Crippen LogP contribution in [0.1, 0.15) is 89.0 Å². The van der Waals surface area contributed by atoms with Crippen molar-refractivity contribution >= 4 is 0 Å². The summed E-state index contributed by atoms with van der Waals surface area (Å²) in [6.45, 7) is 0. The van der Waals surface area contributed by atoms with E-state index in [1.165, 1.54) is 88.8 Å². The molecule has 35 heavy (non-hydrogen) atoms. The van der Waals surface area contributed by atoms with Crippen LogP contribution in [0.25, 0.3) is 0 Å². The van der Waals surface area contributed by atoms with Gasteiger partial charge in [0.25, 0.3) is 0 Å². The summed E-state index contributed by atoms with van der Waals surface area (Å²) >= 11 is 0. The lowest BCUT2D eigenvalue weighted by Gasteiger charge is -2.38. The summed E-state index contributed by atoms with van der Waals surface area (Å²) in [5.41, 5.74) is 1.07. The Balaban J connectivity index is 1.24. The van der Waals surface area contributed by atoms with Gasteiger partial charge in [0.15, 0.2) is 0 Å². The number of hydrogen-bond donors (Lipinski definition) is 0. The van der Waals surface area contributed by atoms with E-state index >= 15 is 0 Å². The first-order chi connectivity index (χ1) is 16.9. The maximum absolute atomic E-state index is 12.3. The number of unbranched alkanes of at least 4 members (excludes halogenated alkanes) is 1. The molecule has 2 aliphatic rings. The summed E-state index contributed by atoms with van der Waals surface area (Å²) in [6.07, 6.45) is 20.9. The van der Waals surface area contributed by atoms with Crippen molar-refractivity contribution in [1.82, 2.24) is 0 Å². The van der Waals surface area contributed by atoms with E-state index in [2.05, 4.69) is 10.8 Å². The third-order valence-electron chi connectivity index (χ3n) is 8.09. The number of allylic oxidation sites excluding steroid dienone is 4. The standard InChI is InChI=1S/C30H40F3NO/c31-30(32,33)35-29-21-15-26(16-22-29)10-6-5-9-25-13-19-28(20-14-25)27-17-11-24(12-18-27)8-4-2-1-3-7-23-34/h1-3,7,15-16,21-22,24-25,27-28H,4-6,8-14,17-20H2. The molecule has 0 heterocycles. The number of aryl methyl sites for hydroxylation is 1. The predicted octanol–water partition coefficient (Wildman–Crippen LogP) is 9.33. The van der Waals surface area contributed by atoms with Gasteiger partial charge in [-0.2, -0.15) is 5.26 Å². The number of alkyl halides is 3. The Bertz CT molecular complexity index is 821. The average Bonchev–Trinajstić information content (AvgIpc) is 2.85. The minimum absolute atomic E-state index is 0.149. The van der Waals surface area contributed by atoms with Crippen molar-refractivity contribution in [2.24, 2.45) is 23.7 Å². The summed E-state index contributed by atoms with van der Waals surface area (Å²) in [4.78, 5) is 0. The summed E-state index contributed by atoms with van der Waals surface area (Å²) in [7, 11) is 0. The molecule has 2 nitrogen and oxygen atoms in total. The van der Waals surface area contributed by atoms with Gasteiger partial charge in [-0.1, -0.05) is 68.9 Å². The Labute approximate surface area is 209 Å². The summed E-state index contributed by atoms with van der Waals surface area (Å²) < 4.78 is 40.7. The molecular weight excluding hydrogens is 447 g/mol. The molecule has 1 aromatic carbocycles. The molecule has 2 fully saturated rings. The van der Waals surface area contributed by atoms with Crippen LogP contribution in [0, 0.1) is 35.0 Å². The summed E-state index contributed by atoms with van der Waals surface area (Å²) in [5.74, 6) is 3.45. The van der Waals surface area contributed by atoms with Crippen LogP contribution < -0.4 is 4.74 Å². The predicted molar refractivity (Wildman–Crippen MR) is 135 cm³/mol. The molecule has 0 unspecified atom stereocenters. The Hall–Kier alpha value is -2.22. The molecule has 0 aromatic heterocycles. The first kappa shape index (κ1) is 27.4. The van der Waals surface area contributed by atoms with Crippen molar-refractivity contribution in [2.45, 2.75) is 96.3 Å². The van der Waals surface area contributed by atoms with Gasteiger partial charge in [0, 0.05) is 6.08 Å². The van der Waals surface area contributed by atoms with Gasteiger partial charge in [-0.15, -0.1) is 13.2 Å². The quantitative estimate of drug-likeness (QED) is 0.177. The smallest absolute Gasteiger partial charge is 0.406 e. The zero-order valence-electron chi connectivity index (χ0n) is 20.8. The lowest BCUT2D eigenvalue weighted by Crippen LogP contribution is -2.25. The second kappa shape index (κ2) is 14.4. The SMILES string of the molecule is N#CC=CC=CCCC1CCC(C2CCC(CCCCc3ccc(OC(F)(F)F)cc3)CC2)CC1. The third kappa shape index (κ3) is 10.5. The molecule has 0 saturated heterocycles. The summed E-state index contributed by atoms with van der Waals surface area (Å²) in [5, 5.41) is 8.49. The van der Waals surface area contributed by atoms with Gasteiger partial charge in [-0.05, 0) is 92.7 Å². The molecule has 0 atom stereocenters. The van der Waals surface area contributed by atoms with Crippen molar-refractivity contribution in [3.63, 3.8) is 0 Å². The molecule has 0 radical (unpaired) electrons. The highest BCUT2D eigenvalue weighted by atomic mass is 19.4. The van der Waals surface area contributed by atoms with Crippen molar-refractivity contribution in [3.8, 4) is 11.8 Å². The van der Waals surface area contributed by atoms with Crippen LogP contribution in [0.4, 0.5) is 13.2 Å². The Kier molecular flexibility index (Phi) is 11.2. The highest BCUT2D eigenvalue weighted by Gasteiger charge is 2.31. The Morgan fingerprint density at radius 2 is 1.43 bits per heavy atom. The second-order valence-corrected chi connectivity index (χ2v) is 10.5. The average molecular weight is 488 g/mol. The fourth-order valence-corrected chi connectivity index (χ4v) is 6.12. The lowest BCUT2D eigenvalue weighted by molar-refractivity contribution is -0.274. The Morgan fingerprint density at radius 3 is 2.00 bits per heavy atom. The number of hydrogen-bond acceptors (Lipinski definition) is 2. The third-order valence-corrected chi connectivity index (χ3v) is 8.09. The van der Waals surface area contributed by atoms with E-state index in [0.29, 0.717) is 0 Å². The monoisotopic (exact) mass is 487 g/mol. The normalized spacial score (nSPS) is 25.7. The molecule has 0 N–H and O–H groups in total. The fraction of sp³-hybridized carbons (Fsp3) is 0.633. The van der Waals surface area contributed by atoms with Crippen LogP contribution in [0.3, 0.4) is 0 Å². The number of benzene rings is 1. The number of nitrogens with zero attached hydrogens (tertiary/aromatic N) is 1. The van der Waals surface area contributed by atoms with Crippen LogP contribution in [0.2, 0.25) is 0 Å². The van der Waals surface area contributed by atoms with Gasteiger partial charge < -0.3 is 4.74 Å². The van der Waals surface area contributed by atoms with Gasteiger partial charge in [0.2, 0.25) is 0 Å². The van der Waals surface area contributed by atoms with E-state index < -0.39 is 6.36 Å². The van der Waals surface area contributed by atoms with Crippen molar-refractivity contribution in [2.75, 3.05) is 0 Å². The number of halogens is 3. The molecule has 0 aliphatic heterocycles. The first-order valence-corrected chi connectivity index (χ1v) is 13.5. The van der Waals surface area contributed by atoms with Gasteiger partial charge in [0.1, 0.15) is 5.75 Å². The topological polar surface area (TPSA) is 33.0 Å². The molecule has 192 valence electrons. The van der Waals surface area contributed by atoms with E-state index in [1.807, 2.05) is 18.2 Å². The maximum atomic E-state index is 12.3. The highest BCUT2D eigenvalue weighted by molar-refractivity contribution is 5.27. The second-order valence-electron chi connectivity index (χ2n) is 10.5. The van der Waals surface area contributed by atoms with E-state index in [1.54, 1.807) is 12.1 Å². The van der Waals surface area contributed by atoms with Crippen LogP contribution in [0.5, 0.6) is 5.75 Å². The zero-order valence-corrected chi connectivity index (χ0v) is 20.8. The molecular formula is C30H40F3NO. The number of nitriles is 1. The van der Waals surface area contributed by atoms with E-state index in [9.17, 15) is 13.2 Å². The molecule has 0 spiro atoms. The fourth-order valence-electron chi connectivity index (χ4n) is 6.12. The Morgan fingerprint density at radius 1 is 0.829 bits per heavy atom. The zero-order chi connectivity index (χ0) is 24.9. The van der Waals surface area contributed by atoms with E-state index in [0.717, 1.165) is 48.5 Å². The lowest BCUT2D eigenvalue weighted by atomic mass is 9.68. The highest BCUT2D eigenvalue weighted by Crippen LogP contribution is 2.43. The van der Waals surface area contributed by atoms with Crippen LogP contribution >= 0.6 is 0 Å². The molecule has 2 saturated carbocycles. The molecule has 5 heteroatoms. The largest absolute Gasteiger partial charge is 0.573 e. The molecule has 3 rings (SSSR count). The number of ether oxygens (including phenoxy) is 1. The van der Waals surface area contributed by atoms with Crippen LogP contribution in [-0.2, 0) is 6.42 Å². The van der Waals surface area contributed by atoms with Gasteiger partial charge in [0.05, 0.1) is 6.07 Å². The number of rotatable bonds is 11. The van der Waals surface area contributed by atoms with Crippen molar-refractivity contribution in [3.05, 3.63) is 54.1 Å². The van der Waals surface area contributed by atoms with E-state index in [4.69, 9.17) is 5.26 Å². The van der Waals surface area contributed by atoms with Crippen molar-refractivity contribution < 1.29 is 17.9 Å². The molecule has 2 aliphatic carbocycles. The first-order valence-electron chi connectivity index (χ1n) is 13.5.